The van der Waals surface area contributed by atoms with Crippen molar-refractivity contribution in [3.63, 3.8) is 0 Å². The molecule has 1 fully saturated rings. The molecule has 1 unspecified atom stereocenters. The Balaban J connectivity index is 1.49. The van der Waals surface area contributed by atoms with E-state index in [0.29, 0.717) is 17.7 Å². The molecule has 1 atom stereocenters. The van der Waals surface area contributed by atoms with E-state index in [1.807, 2.05) is 56.3 Å². The first-order valence-corrected chi connectivity index (χ1v) is 11.6. The minimum atomic E-state index is -0.932. The number of amides is 1. The number of carbonyl (C=O) groups is 1. The normalized spacial score (nSPS) is 15.6. The van der Waals surface area contributed by atoms with Gasteiger partial charge in [0.1, 0.15) is 23.2 Å². The van der Waals surface area contributed by atoms with Gasteiger partial charge in [-0.3, -0.25) is 9.78 Å². The molecule has 4 rings (SSSR count). The van der Waals surface area contributed by atoms with Crippen LogP contribution in [0.3, 0.4) is 0 Å². The largest absolute Gasteiger partial charge is 0.495 e. The van der Waals surface area contributed by atoms with Crippen molar-refractivity contribution >= 4 is 11.9 Å². The van der Waals surface area contributed by atoms with Gasteiger partial charge < -0.3 is 19.8 Å². The predicted octanol–water partition coefficient (Wildman–Crippen LogP) is 5.37. The lowest BCUT2D eigenvalue weighted by Gasteiger charge is -2.33. The molecule has 1 saturated carbocycles. The molecule has 1 aliphatic rings. The Morgan fingerprint density at radius 2 is 1.88 bits per heavy atom. The number of oxazole rings is 1. The molecule has 0 radical (unpaired) electrons. The molecule has 3 aromatic rings. The van der Waals surface area contributed by atoms with Crippen molar-refractivity contribution in [2.45, 2.75) is 57.5 Å². The van der Waals surface area contributed by atoms with Crippen molar-refractivity contribution in [2.75, 3.05) is 12.4 Å². The fourth-order valence-corrected chi connectivity index (χ4v) is 4.32. The van der Waals surface area contributed by atoms with Crippen LogP contribution < -0.4 is 15.4 Å². The van der Waals surface area contributed by atoms with Gasteiger partial charge in [-0.15, -0.1) is 0 Å². The number of hydrogen-bond acceptors (Lipinski definition) is 6. The van der Waals surface area contributed by atoms with E-state index in [0.717, 1.165) is 29.8 Å². The van der Waals surface area contributed by atoms with Gasteiger partial charge in [0.05, 0.1) is 25.0 Å². The fourth-order valence-electron chi connectivity index (χ4n) is 4.32. The molecule has 7 heteroatoms. The van der Waals surface area contributed by atoms with E-state index in [-0.39, 0.29) is 11.9 Å². The lowest BCUT2D eigenvalue weighted by atomic mass is 9.82. The Hall–Kier alpha value is -3.35. The number of benzene rings is 1. The van der Waals surface area contributed by atoms with Gasteiger partial charge >= 0.3 is 0 Å². The maximum Gasteiger partial charge on any atom is 0.295 e. The lowest BCUT2D eigenvalue weighted by molar-refractivity contribution is -0.125. The van der Waals surface area contributed by atoms with Crippen LogP contribution in [0.2, 0.25) is 0 Å². The van der Waals surface area contributed by atoms with Crippen molar-refractivity contribution in [2.24, 2.45) is 5.92 Å². The Labute approximate surface area is 195 Å². The van der Waals surface area contributed by atoms with Gasteiger partial charge in [-0.2, -0.15) is 4.98 Å². The van der Waals surface area contributed by atoms with Crippen LogP contribution >= 0.6 is 0 Å². The average Bonchev–Trinajstić information content (AvgIpc) is 3.31. The van der Waals surface area contributed by atoms with Gasteiger partial charge in [-0.05, 0) is 44.7 Å². The van der Waals surface area contributed by atoms with Crippen LogP contribution in [0.25, 0.3) is 11.3 Å². The Morgan fingerprint density at radius 1 is 1.12 bits per heavy atom. The number of nitrogens with zero attached hydrogens (tertiary/aromatic N) is 2. The molecule has 1 amide bonds. The molecule has 2 heterocycles. The molecule has 0 bridgehead atoms. The number of aromatic nitrogens is 2. The van der Waals surface area contributed by atoms with E-state index in [2.05, 4.69) is 20.6 Å². The van der Waals surface area contributed by atoms with E-state index >= 15 is 0 Å². The number of pyridine rings is 1. The summed E-state index contributed by atoms with van der Waals surface area (Å²) >= 11 is 0. The molecule has 174 valence electrons. The van der Waals surface area contributed by atoms with Gasteiger partial charge in [-0.1, -0.05) is 49.6 Å². The van der Waals surface area contributed by atoms with Gasteiger partial charge in [-0.25, -0.2) is 0 Å². The summed E-state index contributed by atoms with van der Waals surface area (Å²) in [5, 5.41) is 6.42. The lowest BCUT2D eigenvalue weighted by Crippen LogP contribution is -2.50. The monoisotopic (exact) mass is 448 g/mol. The molecule has 2 aromatic heterocycles. The minimum Gasteiger partial charge on any atom is -0.495 e. The number of rotatable bonds is 8. The third-order valence-electron chi connectivity index (χ3n) is 6.28. The summed E-state index contributed by atoms with van der Waals surface area (Å²) in [6, 6.07) is 13.8. The topological polar surface area (TPSA) is 89.3 Å². The highest BCUT2D eigenvalue weighted by Gasteiger charge is 2.34. The first kappa shape index (κ1) is 22.8. The minimum absolute atomic E-state index is 0.129. The van der Waals surface area contributed by atoms with E-state index in [1.165, 1.54) is 19.3 Å². The zero-order valence-electron chi connectivity index (χ0n) is 19.5. The van der Waals surface area contributed by atoms with Crippen molar-refractivity contribution in [1.29, 1.82) is 0 Å². The highest BCUT2D eigenvalue weighted by atomic mass is 16.5. The molecule has 1 aromatic carbocycles. The summed E-state index contributed by atoms with van der Waals surface area (Å²) < 4.78 is 10.9. The number of ether oxygens (including phenoxy) is 1. The number of methoxy groups -OCH3 is 1. The van der Waals surface area contributed by atoms with Crippen molar-refractivity contribution in [3.8, 4) is 17.0 Å². The van der Waals surface area contributed by atoms with Crippen LogP contribution in [-0.4, -0.2) is 28.5 Å². The first-order valence-electron chi connectivity index (χ1n) is 11.6. The summed E-state index contributed by atoms with van der Waals surface area (Å²) in [6.07, 6.45) is 9.05. The van der Waals surface area contributed by atoms with Gasteiger partial charge in [0.15, 0.2) is 0 Å². The van der Waals surface area contributed by atoms with Gasteiger partial charge in [0.2, 0.25) is 5.91 Å². The highest BCUT2D eigenvalue weighted by Crippen LogP contribution is 2.34. The number of hydrogen-bond donors (Lipinski definition) is 2. The van der Waals surface area contributed by atoms with Crippen LogP contribution in [0.4, 0.5) is 6.01 Å². The molecular weight excluding hydrogens is 416 g/mol. The van der Waals surface area contributed by atoms with Gasteiger partial charge in [0.25, 0.3) is 6.01 Å². The smallest absolute Gasteiger partial charge is 0.295 e. The summed E-state index contributed by atoms with van der Waals surface area (Å²) in [4.78, 5) is 22.5. The van der Waals surface area contributed by atoms with Crippen molar-refractivity contribution in [3.05, 3.63) is 60.6 Å². The Bertz CT molecular complexity index is 1040. The van der Waals surface area contributed by atoms with Gasteiger partial charge in [0, 0.05) is 5.56 Å². The zero-order valence-corrected chi connectivity index (χ0v) is 19.5. The molecule has 33 heavy (non-hydrogen) atoms. The maximum atomic E-state index is 13.4. The second-order valence-electron chi connectivity index (χ2n) is 9.13. The average molecular weight is 449 g/mol. The summed E-state index contributed by atoms with van der Waals surface area (Å²) in [5.41, 5.74) is 1.60. The van der Waals surface area contributed by atoms with Crippen LogP contribution in [0.5, 0.6) is 5.75 Å². The third-order valence-corrected chi connectivity index (χ3v) is 6.28. The van der Waals surface area contributed by atoms with E-state index in [4.69, 9.17) is 9.15 Å². The maximum absolute atomic E-state index is 13.4. The third kappa shape index (κ3) is 5.53. The van der Waals surface area contributed by atoms with E-state index in [9.17, 15) is 4.79 Å². The molecule has 1 aliphatic carbocycles. The summed E-state index contributed by atoms with van der Waals surface area (Å²) in [7, 11) is 1.62. The predicted molar refractivity (Wildman–Crippen MR) is 128 cm³/mol. The quantitative estimate of drug-likeness (QED) is 0.481. The van der Waals surface area contributed by atoms with Crippen LogP contribution in [0.15, 0.2) is 59.3 Å². The number of nitrogens with one attached hydrogen (secondary N) is 2. The molecule has 0 spiro atoms. The molecule has 7 nitrogen and oxygen atoms in total. The fraction of sp³-hybridized carbons (Fsp3) is 0.423. The second-order valence-corrected chi connectivity index (χ2v) is 9.13. The Kier molecular flexibility index (Phi) is 6.96. The molecule has 2 N–H and O–H groups in total. The number of anilines is 1. The SMILES string of the molecule is COc1ccc(C(NC(=O)C(C)(C)Nc2nc(-c3ccccc3)co2)C2CCCCC2)nc1. The van der Waals surface area contributed by atoms with Crippen molar-refractivity contribution in [1.82, 2.24) is 15.3 Å². The number of carbonyl (C=O) groups excluding carboxylic acids is 1. The molecule has 0 aliphatic heterocycles. The molecule has 0 saturated heterocycles. The van der Waals surface area contributed by atoms with Crippen LogP contribution in [-0.2, 0) is 4.79 Å². The second kappa shape index (κ2) is 10.1. The summed E-state index contributed by atoms with van der Waals surface area (Å²) in [5.74, 6) is 0.925. The first-order chi connectivity index (χ1) is 16.0. The Morgan fingerprint density at radius 3 is 2.55 bits per heavy atom. The standard InChI is InChI=1S/C26H32N4O3/c1-26(2,30-25-28-22(17-33-25)18-10-6-4-7-11-18)24(31)29-23(19-12-8-5-9-13-19)21-15-14-20(32-3)16-27-21/h4,6-7,10-11,14-17,19,23H,5,8-9,12-13H2,1-3H3,(H,28,30)(H,29,31). The van der Waals surface area contributed by atoms with Crippen LogP contribution in [0.1, 0.15) is 57.7 Å². The van der Waals surface area contributed by atoms with E-state index < -0.39 is 5.54 Å². The highest BCUT2D eigenvalue weighted by molar-refractivity contribution is 5.88. The van der Waals surface area contributed by atoms with E-state index in [1.54, 1.807) is 19.6 Å². The molecular formula is C26H32N4O3. The summed E-state index contributed by atoms with van der Waals surface area (Å²) in [6.45, 7) is 3.65. The van der Waals surface area contributed by atoms with Crippen LogP contribution in [0, 0.1) is 5.92 Å². The zero-order chi connectivity index (χ0) is 23.3. The van der Waals surface area contributed by atoms with Crippen molar-refractivity contribution < 1.29 is 13.9 Å².